The first-order valence-corrected chi connectivity index (χ1v) is 7.64. The third-order valence-electron chi connectivity index (χ3n) is 3.67. The van der Waals surface area contributed by atoms with E-state index in [1.807, 2.05) is 24.4 Å². The van der Waals surface area contributed by atoms with Crippen LogP contribution in [-0.4, -0.2) is 28.8 Å². The van der Waals surface area contributed by atoms with Crippen molar-refractivity contribution in [2.45, 2.75) is 51.7 Å². The molecule has 1 aromatic heterocycles. The molecule has 0 radical (unpaired) electrons. The number of amides is 2. The molecule has 0 saturated carbocycles. The van der Waals surface area contributed by atoms with Crippen molar-refractivity contribution in [1.29, 1.82) is 0 Å². The smallest absolute Gasteiger partial charge is 0.246 e. The number of carbonyl (C=O) groups is 2. The van der Waals surface area contributed by atoms with E-state index in [4.69, 9.17) is 0 Å². The van der Waals surface area contributed by atoms with Crippen molar-refractivity contribution in [3.63, 3.8) is 0 Å². The number of carbonyl (C=O) groups excluding carboxylic acids is 2. The Bertz CT molecular complexity index is 458. The number of piperazine rings is 1. The molecule has 104 valence electrons. The molecule has 1 aliphatic heterocycles. The number of nitrogens with zero attached hydrogens (tertiary/aromatic N) is 1. The Balaban J connectivity index is 2.33. The topological polar surface area (TPSA) is 49.4 Å². The van der Waals surface area contributed by atoms with E-state index in [1.54, 1.807) is 23.2 Å². The molecule has 2 rings (SSSR count). The van der Waals surface area contributed by atoms with E-state index in [9.17, 15) is 9.59 Å². The van der Waals surface area contributed by atoms with Gasteiger partial charge in [0.05, 0.1) is 6.04 Å². The third-order valence-corrected chi connectivity index (χ3v) is 4.64. The van der Waals surface area contributed by atoms with E-state index in [2.05, 4.69) is 12.2 Å². The molecular formula is C14H20N2O2S. The quantitative estimate of drug-likeness (QED) is 0.920. The minimum absolute atomic E-state index is 0.00241. The van der Waals surface area contributed by atoms with Crippen molar-refractivity contribution in [1.82, 2.24) is 10.2 Å². The molecule has 1 fully saturated rings. The fraction of sp³-hybridized carbons (Fsp3) is 0.571. The monoisotopic (exact) mass is 280 g/mol. The molecule has 5 heteroatoms. The average Bonchev–Trinajstić information content (AvgIpc) is 2.92. The van der Waals surface area contributed by atoms with Gasteiger partial charge in [-0.2, -0.15) is 0 Å². The Morgan fingerprint density at radius 1 is 1.42 bits per heavy atom. The Morgan fingerprint density at radius 2 is 2.16 bits per heavy atom. The predicted molar refractivity (Wildman–Crippen MR) is 75.9 cm³/mol. The van der Waals surface area contributed by atoms with Crippen LogP contribution in [0, 0.1) is 0 Å². The molecule has 3 atom stereocenters. The second-order valence-corrected chi connectivity index (χ2v) is 5.81. The summed E-state index contributed by atoms with van der Waals surface area (Å²) in [4.78, 5) is 27.4. The van der Waals surface area contributed by atoms with Crippen LogP contribution < -0.4 is 5.32 Å². The maximum absolute atomic E-state index is 12.5. The highest BCUT2D eigenvalue weighted by Gasteiger charge is 2.40. The molecule has 0 bridgehead atoms. The summed E-state index contributed by atoms with van der Waals surface area (Å²) >= 11 is 1.64. The molecule has 2 amide bonds. The molecular weight excluding hydrogens is 260 g/mol. The van der Waals surface area contributed by atoms with Crippen LogP contribution in [0.2, 0.25) is 0 Å². The summed E-state index contributed by atoms with van der Waals surface area (Å²) in [5, 5.41) is 4.80. The average molecular weight is 280 g/mol. The van der Waals surface area contributed by atoms with E-state index in [-0.39, 0.29) is 23.9 Å². The van der Waals surface area contributed by atoms with Crippen LogP contribution in [0.15, 0.2) is 17.5 Å². The first kappa shape index (κ1) is 14.1. The lowest BCUT2D eigenvalue weighted by Gasteiger charge is -2.41. The molecule has 1 saturated heterocycles. The van der Waals surface area contributed by atoms with Gasteiger partial charge in [0.15, 0.2) is 0 Å². The number of thiophene rings is 1. The Morgan fingerprint density at radius 3 is 2.68 bits per heavy atom. The second kappa shape index (κ2) is 5.74. The normalized spacial score (nSPS) is 25.3. The van der Waals surface area contributed by atoms with E-state index in [0.717, 1.165) is 11.3 Å². The van der Waals surface area contributed by atoms with Crippen LogP contribution in [0.25, 0.3) is 0 Å². The van der Waals surface area contributed by atoms with Crippen molar-refractivity contribution < 1.29 is 9.59 Å². The van der Waals surface area contributed by atoms with Crippen molar-refractivity contribution >= 4 is 23.2 Å². The largest absolute Gasteiger partial charge is 0.343 e. The highest BCUT2D eigenvalue weighted by molar-refractivity contribution is 7.10. The SMILES string of the molecule is CCC1NC(=O)C(C)N(C(CC)c2cccs2)C1=O. The van der Waals surface area contributed by atoms with Crippen molar-refractivity contribution in [2.75, 3.05) is 0 Å². The molecule has 1 aromatic rings. The maximum atomic E-state index is 12.5. The van der Waals surface area contributed by atoms with Crippen LogP contribution in [0.1, 0.15) is 44.5 Å². The lowest BCUT2D eigenvalue weighted by molar-refractivity contribution is -0.151. The van der Waals surface area contributed by atoms with Crippen molar-refractivity contribution in [3.8, 4) is 0 Å². The van der Waals surface area contributed by atoms with Gasteiger partial charge in [0, 0.05) is 4.88 Å². The maximum Gasteiger partial charge on any atom is 0.246 e. The van der Waals surface area contributed by atoms with E-state index in [0.29, 0.717) is 6.42 Å². The summed E-state index contributed by atoms with van der Waals surface area (Å²) in [6.07, 6.45) is 1.45. The first-order valence-electron chi connectivity index (χ1n) is 6.76. The zero-order valence-electron chi connectivity index (χ0n) is 11.6. The third kappa shape index (κ3) is 2.52. The highest BCUT2D eigenvalue weighted by Crippen LogP contribution is 2.31. The van der Waals surface area contributed by atoms with Gasteiger partial charge in [-0.05, 0) is 31.2 Å². The summed E-state index contributed by atoms with van der Waals surface area (Å²) in [6, 6.07) is 3.24. The summed E-state index contributed by atoms with van der Waals surface area (Å²) in [6.45, 7) is 5.77. The highest BCUT2D eigenvalue weighted by atomic mass is 32.1. The van der Waals surface area contributed by atoms with Crippen LogP contribution in [0.5, 0.6) is 0 Å². The minimum Gasteiger partial charge on any atom is -0.343 e. The van der Waals surface area contributed by atoms with Gasteiger partial charge in [0.1, 0.15) is 12.1 Å². The van der Waals surface area contributed by atoms with Gasteiger partial charge in [-0.15, -0.1) is 11.3 Å². The number of nitrogens with one attached hydrogen (secondary N) is 1. The standard InChI is InChI=1S/C14H20N2O2S/c1-4-10-14(18)16(9(3)13(17)15-10)11(5-2)12-7-6-8-19-12/h6-11H,4-5H2,1-3H3,(H,15,17). The van der Waals surface area contributed by atoms with Gasteiger partial charge in [-0.1, -0.05) is 19.9 Å². The molecule has 1 N–H and O–H groups in total. The van der Waals surface area contributed by atoms with Crippen LogP contribution in [0.3, 0.4) is 0 Å². The van der Waals surface area contributed by atoms with E-state index < -0.39 is 6.04 Å². The Labute approximate surface area is 117 Å². The van der Waals surface area contributed by atoms with Gasteiger partial charge in [-0.25, -0.2) is 0 Å². The molecule has 2 heterocycles. The fourth-order valence-corrected chi connectivity index (χ4v) is 3.48. The molecule has 0 aromatic carbocycles. The molecule has 3 unspecified atom stereocenters. The van der Waals surface area contributed by atoms with E-state index >= 15 is 0 Å². The van der Waals surface area contributed by atoms with Crippen LogP contribution in [0.4, 0.5) is 0 Å². The van der Waals surface area contributed by atoms with Gasteiger partial charge in [-0.3, -0.25) is 9.59 Å². The lowest BCUT2D eigenvalue weighted by Crippen LogP contribution is -2.62. The van der Waals surface area contributed by atoms with Gasteiger partial charge < -0.3 is 10.2 Å². The Hall–Kier alpha value is -1.36. The summed E-state index contributed by atoms with van der Waals surface area (Å²) in [5.74, 6) is -0.0173. The fourth-order valence-electron chi connectivity index (χ4n) is 2.57. The van der Waals surface area contributed by atoms with Gasteiger partial charge >= 0.3 is 0 Å². The Kier molecular flexibility index (Phi) is 4.24. The van der Waals surface area contributed by atoms with Crippen LogP contribution >= 0.6 is 11.3 Å². The van der Waals surface area contributed by atoms with Crippen molar-refractivity contribution in [3.05, 3.63) is 22.4 Å². The molecule has 0 aliphatic carbocycles. The van der Waals surface area contributed by atoms with E-state index in [1.165, 1.54) is 0 Å². The lowest BCUT2D eigenvalue weighted by atomic mass is 10.0. The summed E-state index contributed by atoms with van der Waals surface area (Å²) < 4.78 is 0. The van der Waals surface area contributed by atoms with Crippen LogP contribution in [-0.2, 0) is 9.59 Å². The minimum atomic E-state index is -0.401. The zero-order valence-corrected chi connectivity index (χ0v) is 12.4. The molecule has 19 heavy (non-hydrogen) atoms. The second-order valence-electron chi connectivity index (χ2n) is 4.83. The van der Waals surface area contributed by atoms with Gasteiger partial charge in [0.2, 0.25) is 11.8 Å². The zero-order chi connectivity index (χ0) is 14.0. The number of hydrogen-bond donors (Lipinski definition) is 1. The molecule has 1 aliphatic rings. The summed E-state index contributed by atoms with van der Waals surface area (Å²) in [5.41, 5.74) is 0. The number of hydrogen-bond acceptors (Lipinski definition) is 3. The number of rotatable bonds is 4. The molecule has 0 spiro atoms. The van der Waals surface area contributed by atoms with Crippen molar-refractivity contribution in [2.24, 2.45) is 0 Å². The molecule has 4 nitrogen and oxygen atoms in total. The van der Waals surface area contributed by atoms with Gasteiger partial charge in [0.25, 0.3) is 0 Å². The first-order chi connectivity index (χ1) is 9.10. The summed E-state index contributed by atoms with van der Waals surface area (Å²) in [7, 11) is 0. The predicted octanol–water partition coefficient (Wildman–Crippen LogP) is 2.32.